The minimum absolute atomic E-state index is 0.0802. The third-order valence-corrected chi connectivity index (χ3v) is 5.54. The molecule has 152 valence electrons. The molecular formula is C24H25FO4. The van der Waals surface area contributed by atoms with Gasteiger partial charge < -0.3 is 10.2 Å². The summed E-state index contributed by atoms with van der Waals surface area (Å²) < 4.78 is 13.0. The molecule has 0 aliphatic heterocycles. The molecule has 1 aliphatic carbocycles. The summed E-state index contributed by atoms with van der Waals surface area (Å²) in [6.07, 6.45) is 6.14. The van der Waals surface area contributed by atoms with Gasteiger partial charge >= 0.3 is 5.97 Å². The van der Waals surface area contributed by atoms with E-state index in [1.165, 1.54) is 12.1 Å². The smallest absolute Gasteiger partial charge is 0.335 e. The number of rotatable bonds is 8. The molecule has 1 fully saturated rings. The standard InChI is InChI=1S/C24H25FO4/c25-20-10-3-17(4-11-20)15-21(26)12-8-18-9-14-23(27)22(18)13-5-16-1-6-19(7-2-16)24(28)29/h1-4,6-8,10-12,18,21-22,26H,5,9,13-15H2,(H,28,29)/b12-8+. The van der Waals surface area contributed by atoms with Gasteiger partial charge in [0, 0.05) is 18.8 Å². The predicted molar refractivity (Wildman–Crippen MR) is 108 cm³/mol. The van der Waals surface area contributed by atoms with Gasteiger partial charge in [0.1, 0.15) is 11.6 Å². The van der Waals surface area contributed by atoms with Crippen LogP contribution in [0.2, 0.25) is 0 Å². The van der Waals surface area contributed by atoms with Gasteiger partial charge in [-0.2, -0.15) is 0 Å². The van der Waals surface area contributed by atoms with Gasteiger partial charge in [0.2, 0.25) is 0 Å². The van der Waals surface area contributed by atoms with Gasteiger partial charge in [-0.15, -0.1) is 0 Å². The summed E-state index contributed by atoms with van der Waals surface area (Å²) in [6, 6.07) is 12.8. The summed E-state index contributed by atoms with van der Waals surface area (Å²) >= 11 is 0. The topological polar surface area (TPSA) is 74.6 Å². The fourth-order valence-corrected chi connectivity index (χ4v) is 3.88. The molecule has 4 nitrogen and oxygen atoms in total. The fourth-order valence-electron chi connectivity index (χ4n) is 3.88. The third-order valence-electron chi connectivity index (χ3n) is 5.54. The average molecular weight is 396 g/mol. The van der Waals surface area contributed by atoms with E-state index < -0.39 is 12.1 Å². The van der Waals surface area contributed by atoms with Gasteiger partial charge in [0.05, 0.1) is 11.7 Å². The van der Waals surface area contributed by atoms with E-state index >= 15 is 0 Å². The molecular weight excluding hydrogens is 371 g/mol. The monoisotopic (exact) mass is 396 g/mol. The second-order valence-corrected chi connectivity index (χ2v) is 7.60. The number of Topliss-reactive ketones (excluding diaryl/α,β-unsaturated/α-hetero) is 1. The van der Waals surface area contributed by atoms with Crippen LogP contribution >= 0.6 is 0 Å². The molecule has 0 amide bonds. The van der Waals surface area contributed by atoms with E-state index in [-0.39, 0.29) is 29.0 Å². The van der Waals surface area contributed by atoms with Gasteiger partial charge in [-0.25, -0.2) is 9.18 Å². The van der Waals surface area contributed by atoms with Crippen molar-refractivity contribution in [1.29, 1.82) is 0 Å². The number of aromatic carboxylic acids is 1. The number of allylic oxidation sites excluding steroid dienone is 1. The van der Waals surface area contributed by atoms with E-state index in [4.69, 9.17) is 5.11 Å². The lowest BCUT2D eigenvalue weighted by Crippen LogP contribution is -2.15. The maximum atomic E-state index is 13.0. The number of benzene rings is 2. The number of hydrogen-bond donors (Lipinski definition) is 2. The van der Waals surface area contributed by atoms with Crippen molar-refractivity contribution >= 4 is 11.8 Å². The highest BCUT2D eigenvalue weighted by Crippen LogP contribution is 2.33. The second-order valence-electron chi connectivity index (χ2n) is 7.60. The number of aliphatic hydroxyl groups excluding tert-OH is 1. The Morgan fingerprint density at radius 2 is 1.76 bits per heavy atom. The first-order chi connectivity index (χ1) is 13.9. The van der Waals surface area contributed by atoms with Crippen LogP contribution in [0.15, 0.2) is 60.7 Å². The first kappa shape index (κ1) is 20.9. The quantitative estimate of drug-likeness (QED) is 0.656. The maximum Gasteiger partial charge on any atom is 0.335 e. The summed E-state index contributed by atoms with van der Waals surface area (Å²) in [5.74, 6) is -0.988. The van der Waals surface area contributed by atoms with E-state index in [9.17, 15) is 19.1 Å². The Morgan fingerprint density at radius 1 is 1.10 bits per heavy atom. The third kappa shape index (κ3) is 5.84. The summed E-state index contributed by atoms with van der Waals surface area (Å²) in [6.45, 7) is 0. The van der Waals surface area contributed by atoms with Crippen molar-refractivity contribution in [3.05, 3.63) is 83.2 Å². The second kappa shape index (κ2) is 9.61. The predicted octanol–water partition coefficient (Wildman–Crippen LogP) is 4.21. The molecule has 2 aromatic rings. The molecule has 3 unspecified atom stereocenters. The van der Waals surface area contributed by atoms with E-state index in [1.807, 2.05) is 6.08 Å². The largest absolute Gasteiger partial charge is 0.478 e. The number of aliphatic hydroxyl groups is 1. The molecule has 3 atom stereocenters. The fraction of sp³-hybridized carbons (Fsp3) is 0.333. The van der Waals surface area contributed by atoms with Crippen LogP contribution in [0.5, 0.6) is 0 Å². The maximum absolute atomic E-state index is 13.0. The van der Waals surface area contributed by atoms with Crippen molar-refractivity contribution in [3.63, 3.8) is 0 Å². The summed E-state index contributed by atoms with van der Waals surface area (Å²) in [5.41, 5.74) is 2.11. The zero-order chi connectivity index (χ0) is 20.8. The molecule has 0 bridgehead atoms. The zero-order valence-electron chi connectivity index (χ0n) is 16.1. The summed E-state index contributed by atoms with van der Waals surface area (Å²) in [4.78, 5) is 23.2. The number of hydrogen-bond acceptors (Lipinski definition) is 3. The number of halogens is 1. The van der Waals surface area contributed by atoms with Crippen LogP contribution in [-0.4, -0.2) is 28.1 Å². The van der Waals surface area contributed by atoms with Crippen molar-refractivity contribution in [2.24, 2.45) is 11.8 Å². The van der Waals surface area contributed by atoms with Crippen molar-refractivity contribution in [1.82, 2.24) is 0 Å². The zero-order valence-corrected chi connectivity index (χ0v) is 16.1. The first-order valence-electron chi connectivity index (χ1n) is 9.88. The Balaban J connectivity index is 1.55. The molecule has 3 rings (SSSR count). The SMILES string of the molecule is O=C(O)c1ccc(CCC2C(=O)CCC2/C=C/C(O)Cc2ccc(F)cc2)cc1. The Hall–Kier alpha value is -2.79. The highest BCUT2D eigenvalue weighted by Gasteiger charge is 2.32. The number of carboxylic acids is 1. The van der Waals surface area contributed by atoms with Gasteiger partial charge in [0.15, 0.2) is 0 Å². The summed E-state index contributed by atoms with van der Waals surface area (Å²) in [7, 11) is 0. The molecule has 0 radical (unpaired) electrons. The number of ketones is 1. The van der Waals surface area contributed by atoms with Crippen molar-refractivity contribution < 1.29 is 24.2 Å². The average Bonchev–Trinajstić information content (AvgIpc) is 3.06. The van der Waals surface area contributed by atoms with E-state index in [0.29, 0.717) is 25.7 Å². The Morgan fingerprint density at radius 3 is 2.41 bits per heavy atom. The molecule has 0 aromatic heterocycles. The minimum Gasteiger partial charge on any atom is -0.478 e. The lowest BCUT2D eigenvalue weighted by Gasteiger charge is -2.16. The lowest BCUT2D eigenvalue weighted by molar-refractivity contribution is -0.121. The lowest BCUT2D eigenvalue weighted by atomic mass is 9.88. The highest BCUT2D eigenvalue weighted by atomic mass is 19.1. The molecule has 29 heavy (non-hydrogen) atoms. The molecule has 0 saturated heterocycles. The summed E-state index contributed by atoms with van der Waals surface area (Å²) in [5, 5.41) is 19.2. The van der Waals surface area contributed by atoms with Crippen molar-refractivity contribution in [3.8, 4) is 0 Å². The molecule has 2 aromatic carbocycles. The minimum atomic E-state index is -0.952. The van der Waals surface area contributed by atoms with E-state index in [2.05, 4.69) is 0 Å². The number of aryl methyl sites for hydroxylation is 1. The molecule has 5 heteroatoms. The van der Waals surface area contributed by atoms with Crippen LogP contribution in [-0.2, 0) is 17.6 Å². The highest BCUT2D eigenvalue weighted by molar-refractivity contribution is 5.87. The van der Waals surface area contributed by atoms with E-state index in [0.717, 1.165) is 17.5 Å². The van der Waals surface area contributed by atoms with Crippen LogP contribution in [0.25, 0.3) is 0 Å². The Labute approximate surface area is 169 Å². The number of carbonyl (C=O) groups is 2. The van der Waals surface area contributed by atoms with Gasteiger partial charge in [-0.1, -0.05) is 36.4 Å². The van der Waals surface area contributed by atoms with Crippen LogP contribution in [0.1, 0.15) is 40.7 Å². The molecule has 1 aliphatic rings. The Kier molecular flexibility index (Phi) is 6.94. The molecule has 0 spiro atoms. The van der Waals surface area contributed by atoms with Gasteiger partial charge in [0.25, 0.3) is 0 Å². The number of carbonyl (C=O) groups excluding carboxylic acids is 1. The van der Waals surface area contributed by atoms with Crippen molar-refractivity contribution in [2.75, 3.05) is 0 Å². The van der Waals surface area contributed by atoms with Crippen molar-refractivity contribution in [2.45, 2.75) is 38.2 Å². The van der Waals surface area contributed by atoms with Crippen LogP contribution in [0.4, 0.5) is 4.39 Å². The van der Waals surface area contributed by atoms with Crippen LogP contribution < -0.4 is 0 Å². The van der Waals surface area contributed by atoms with Crippen LogP contribution in [0.3, 0.4) is 0 Å². The normalized spacial score (nSPS) is 20.3. The Bertz CT molecular complexity index is 871. The molecule has 2 N–H and O–H groups in total. The van der Waals surface area contributed by atoms with Gasteiger partial charge in [-0.05, 0) is 60.6 Å². The first-order valence-corrected chi connectivity index (χ1v) is 9.88. The number of carboxylic acid groups (broad SMARTS) is 1. The molecule has 0 heterocycles. The molecule has 1 saturated carbocycles. The van der Waals surface area contributed by atoms with Crippen LogP contribution in [0, 0.1) is 17.7 Å². The van der Waals surface area contributed by atoms with Gasteiger partial charge in [-0.3, -0.25) is 4.79 Å². The van der Waals surface area contributed by atoms with E-state index in [1.54, 1.807) is 42.5 Å².